The molecule has 0 aliphatic rings. The summed E-state index contributed by atoms with van der Waals surface area (Å²) in [5, 5.41) is 0. The number of rotatable bonds is 9. The van der Waals surface area contributed by atoms with Crippen LogP contribution in [0.15, 0.2) is 12.3 Å². The maximum atomic E-state index is 2.35. The van der Waals surface area contributed by atoms with E-state index in [2.05, 4.69) is 40.2 Å². The Labute approximate surface area is 96.8 Å². The number of hydrogen-bond acceptors (Lipinski definition) is 0. The van der Waals surface area contributed by atoms with Crippen LogP contribution in [-0.2, 0) is 0 Å². The van der Waals surface area contributed by atoms with Gasteiger partial charge in [0.15, 0.2) is 0 Å². The molecule has 0 spiro atoms. The molecular weight excluding hydrogens is 182 g/mol. The number of quaternary nitrogens is 1. The molecule has 0 heterocycles. The summed E-state index contributed by atoms with van der Waals surface area (Å²) in [5.41, 5.74) is 0. The summed E-state index contributed by atoms with van der Waals surface area (Å²) in [5.74, 6) is 0. The van der Waals surface area contributed by atoms with Crippen molar-refractivity contribution in [2.45, 2.75) is 58.8 Å². The van der Waals surface area contributed by atoms with Crippen LogP contribution in [0.3, 0.4) is 0 Å². The Hall–Kier alpha value is -0.300. The van der Waals surface area contributed by atoms with Crippen molar-refractivity contribution in [2.24, 2.45) is 0 Å². The highest BCUT2D eigenvalue weighted by molar-refractivity contribution is 4.73. The Bertz CT molecular complexity index is 159. The van der Waals surface area contributed by atoms with Gasteiger partial charge in [0.1, 0.15) is 0 Å². The average Bonchev–Trinajstić information content (AvgIpc) is 2.22. The average molecular weight is 212 g/mol. The molecule has 0 unspecified atom stereocenters. The number of hydrogen-bond donors (Lipinski definition) is 0. The molecule has 90 valence electrons. The molecule has 0 saturated carbocycles. The van der Waals surface area contributed by atoms with Crippen LogP contribution in [0.1, 0.15) is 58.8 Å². The lowest BCUT2D eigenvalue weighted by atomic mass is 10.1. The highest BCUT2D eigenvalue weighted by Gasteiger charge is 2.04. The van der Waals surface area contributed by atoms with E-state index in [1.807, 2.05) is 0 Å². The first kappa shape index (κ1) is 14.7. The second-order valence-corrected chi connectivity index (χ2v) is 5.04. The first-order valence-electron chi connectivity index (χ1n) is 6.62. The first-order valence-corrected chi connectivity index (χ1v) is 6.62. The highest BCUT2D eigenvalue weighted by atomic mass is 15.3. The van der Waals surface area contributed by atoms with Crippen LogP contribution >= 0.6 is 0 Å². The molecule has 0 atom stereocenters. The van der Waals surface area contributed by atoms with Crippen molar-refractivity contribution in [3.8, 4) is 0 Å². The third-order valence-electron chi connectivity index (χ3n) is 3.05. The van der Waals surface area contributed by atoms with Crippen LogP contribution in [0.2, 0.25) is 0 Å². The molecule has 0 fully saturated rings. The zero-order chi connectivity index (χ0) is 11.6. The second-order valence-electron chi connectivity index (χ2n) is 5.04. The van der Waals surface area contributed by atoms with Crippen LogP contribution in [0, 0.1) is 0 Å². The van der Waals surface area contributed by atoms with Crippen LogP contribution in [-0.4, -0.2) is 25.1 Å². The minimum atomic E-state index is 1.01. The lowest BCUT2D eigenvalue weighted by molar-refractivity contribution is -0.836. The van der Waals surface area contributed by atoms with Gasteiger partial charge in [-0.1, -0.05) is 39.0 Å². The molecular formula is C14H30N+. The van der Waals surface area contributed by atoms with Gasteiger partial charge in [-0.15, -0.1) is 0 Å². The minimum absolute atomic E-state index is 1.01. The van der Waals surface area contributed by atoms with Gasteiger partial charge in [-0.25, -0.2) is 0 Å². The predicted octanol–water partition coefficient (Wildman–Crippen LogP) is 4.35. The SMILES string of the molecule is CCCCCCCCC=C[N+](C)(C)CC. The minimum Gasteiger partial charge on any atom is -0.303 e. The Morgan fingerprint density at radius 1 is 0.867 bits per heavy atom. The van der Waals surface area contributed by atoms with Crippen LogP contribution < -0.4 is 0 Å². The quantitative estimate of drug-likeness (QED) is 0.394. The molecule has 0 aromatic heterocycles. The van der Waals surface area contributed by atoms with Gasteiger partial charge >= 0.3 is 0 Å². The molecule has 0 aromatic rings. The Morgan fingerprint density at radius 3 is 2.07 bits per heavy atom. The molecule has 0 radical (unpaired) electrons. The van der Waals surface area contributed by atoms with Crippen LogP contribution in [0.25, 0.3) is 0 Å². The molecule has 15 heavy (non-hydrogen) atoms. The van der Waals surface area contributed by atoms with Gasteiger partial charge in [0.05, 0.1) is 26.8 Å². The van der Waals surface area contributed by atoms with Crippen LogP contribution in [0.5, 0.6) is 0 Å². The monoisotopic (exact) mass is 212 g/mol. The maximum Gasteiger partial charge on any atom is 0.0913 e. The van der Waals surface area contributed by atoms with Crippen molar-refractivity contribution >= 4 is 0 Å². The van der Waals surface area contributed by atoms with Gasteiger partial charge in [-0.2, -0.15) is 0 Å². The van der Waals surface area contributed by atoms with Crippen molar-refractivity contribution < 1.29 is 4.48 Å². The standard InChI is InChI=1S/C14H30N/c1-5-7-8-9-10-11-12-13-14-15(3,4)6-2/h13-14H,5-12H2,1-4H3/q+1. The summed E-state index contributed by atoms with van der Waals surface area (Å²) >= 11 is 0. The fourth-order valence-electron chi connectivity index (χ4n) is 1.51. The van der Waals surface area contributed by atoms with Gasteiger partial charge < -0.3 is 4.48 Å². The summed E-state index contributed by atoms with van der Waals surface area (Å²) in [6.07, 6.45) is 14.3. The smallest absolute Gasteiger partial charge is 0.0913 e. The molecule has 0 bridgehead atoms. The molecule has 0 aliphatic heterocycles. The van der Waals surface area contributed by atoms with E-state index in [0.717, 1.165) is 4.48 Å². The predicted molar refractivity (Wildman–Crippen MR) is 69.8 cm³/mol. The fraction of sp³-hybridized carbons (Fsp3) is 0.857. The second kappa shape index (κ2) is 8.96. The summed E-state index contributed by atoms with van der Waals surface area (Å²) in [6, 6.07) is 0. The molecule has 0 rings (SSSR count). The fourth-order valence-corrected chi connectivity index (χ4v) is 1.51. The molecule has 1 nitrogen and oxygen atoms in total. The third kappa shape index (κ3) is 9.99. The summed E-state index contributed by atoms with van der Waals surface area (Å²) in [6.45, 7) is 5.68. The van der Waals surface area contributed by atoms with E-state index in [4.69, 9.17) is 0 Å². The van der Waals surface area contributed by atoms with E-state index in [1.165, 1.54) is 51.5 Å². The summed E-state index contributed by atoms with van der Waals surface area (Å²) in [7, 11) is 4.50. The number of unbranched alkanes of at least 4 members (excludes halogenated alkanes) is 6. The molecule has 0 N–H and O–H groups in total. The van der Waals surface area contributed by atoms with E-state index < -0.39 is 0 Å². The zero-order valence-corrected chi connectivity index (χ0v) is 11.3. The zero-order valence-electron chi connectivity index (χ0n) is 11.3. The highest BCUT2D eigenvalue weighted by Crippen LogP contribution is 2.08. The molecule has 0 aromatic carbocycles. The van der Waals surface area contributed by atoms with Gasteiger partial charge in [-0.05, 0) is 25.8 Å². The van der Waals surface area contributed by atoms with E-state index in [9.17, 15) is 0 Å². The normalized spacial score (nSPS) is 12.5. The molecule has 1 heteroatoms. The summed E-state index contributed by atoms with van der Waals surface area (Å²) in [4.78, 5) is 0. The van der Waals surface area contributed by atoms with E-state index in [-0.39, 0.29) is 0 Å². The summed E-state index contributed by atoms with van der Waals surface area (Å²) < 4.78 is 1.01. The van der Waals surface area contributed by atoms with E-state index in [0.29, 0.717) is 0 Å². The van der Waals surface area contributed by atoms with Gasteiger partial charge in [0.2, 0.25) is 0 Å². The lowest BCUT2D eigenvalue weighted by Gasteiger charge is -2.22. The van der Waals surface area contributed by atoms with Gasteiger partial charge in [-0.3, -0.25) is 0 Å². The van der Waals surface area contributed by atoms with Crippen molar-refractivity contribution in [3.63, 3.8) is 0 Å². The Kier molecular flexibility index (Phi) is 8.79. The van der Waals surface area contributed by atoms with Gasteiger partial charge in [0, 0.05) is 0 Å². The third-order valence-corrected chi connectivity index (χ3v) is 3.05. The molecule has 0 saturated heterocycles. The Balaban J connectivity index is 3.31. The van der Waals surface area contributed by atoms with Gasteiger partial charge in [0.25, 0.3) is 0 Å². The topological polar surface area (TPSA) is 0 Å². The van der Waals surface area contributed by atoms with Crippen molar-refractivity contribution in [2.75, 3.05) is 20.6 Å². The number of nitrogens with zero attached hydrogens (tertiary/aromatic N) is 1. The van der Waals surface area contributed by atoms with Crippen LogP contribution in [0.4, 0.5) is 0 Å². The Morgan fingerprint density at radius 2 is 1.47 bits per heavy atom. The van der Waals surface area contributed by atoms with E-state index >= 15 is 0 Å². The molecule has 0 amide bonds. The largest absolute Gasteiger partial charge is 0.303 e. The van der Waals surface area contributed by atoms with Crippen molar-refractivity contribution in [1.29, 1.82) is 0 Å². The lowest BCUT2D eigenvalue weighted by Crippen LogP contribution is -2.32. The maximum absolute atomic E-state index is 2.35. The van der Waals surface area contributed by atoms with E-state index in [1.54, 1.807) is 0 Å². The number of allylic oxidation sites excluding steroid dienone is 1. The van der Waals surface area contributed by atoms with Crippen molar-refractivity contribution in [1.82, 2.24) is 0 Å². The first-order chi connectivity index (χ1) is 7.12. The van der Waals surface area contributed by atoms with Crippen molar-refractivity contribution in [3.05, 3.63) is 12.3 Å². The molecule has 0 aliphatic carbocycles.